The Morgan fingerprint density at radius 1 is 0.857 bits per heavy atom. The molecule has 0 aliphatic rings. The largest absolute Gasteiger partial charge is 0.497 e. The Hall–Kier alpha value is -3.48. The third-order valence-electron chi connectivity index (χ3n) is 4.80. The number of hydrogen-bond acceptors (Lipinski definition) is 6. The number of benzene rings is 1. The molecule has 0 saturated heterocycles. The standard InChI is InChI=1S/C21H21N5O2/c1-12-10-23-19(11-22-12)17-9-18(24-21-20(17)13(2)26(3)25-21)14-6-15(27-4)8-16(7-14)28-5/h6-11H,1-5H3. The summed E-state index contributed by atoms with van der Waals surface area (Å²) in [5, 5.41) is 5.55. The van der Waals surface area contributed by atoms with Crippen molar-refractivity contribution in [3.63, 3.8) is 0 Å². The lowest BCUT2D eigenvalue weighted by atomic mass is 10.0. The molecule has 0 unspecified atom stereocenters. The van der Waals surface area contributed by atoms with Gasteiger partial charge in [-0.2, -0.15) is 5.10 Å². The van der Waals surface area contributed by atoms with E-state index in [1.54, 1.807) is 26.6 Å². The van der Waals surface area contributed by atoms with E-state index in [4.69, 9.17) is 14.5 Å². The molecule has 0 radical (unpaired) electrons. The maximum atomic E-state index is 5.41. The highest BCUT2D eigenvalue weighted by Crippen LogP contribution is 2.35. The first-order chi connectivity index (χ1) is 13.5. The molecule has 4 rings (SSSR count). The molecule has 0 N–H and O–H groups in total. The number of hydrogen-bond donors (Lipinski definition) is 0. The van der Waals surface area contributed by atoms with E-state index < -0.39 is 0 Å². The number of ether oxygens (including phenoxy) is 2. The molecular weight excluding hydrogens is 354 g/mol. The normalized spacial score (nSPS) is 11.0. The van der Waals surface area contributed by atoms with Crippen LogP contribution in [-0.4, -0.2) is 39.0 Å². The van der Waals surface area contributed by atoms with Crippen LogP contribution in [0.1, 0.15) is 11.4 Å². The van der Waals surface area contributed by atoms with Crippen LogP contribution in [0.2, 0.25) is 0 Å². The number of pyridine rings is 1. The van der Waals surface area contributed by atoms with Gasteiger partial charge in [0, 0.05) is 36.1 Å². The highest BCUT2D eigenvalue weighted by Gasteiger charge is 2.17. The molecule has 7 nitrogen and oxygen atoms in total. The lowest BCUT2D eigenvalue weighted by Gasteiger charge is -2.10. The van der Waals surface area contributed by atoms with E-state index in [2.05, 4.69) is 15.1 Å². The van der Waals surface area contributed by atoms with Gasteiger partial charge in [-0.05, 0) is 32.0 Å². The molecule has 4 aromatic rings. The summed E-state index contributed by atoms with van der Waals surface area (Å²) in [7, 11) is 5.17. The Kier molecular flexibility index (Phi) is 4.43. The summed E-state index contributed by atoms with van der Waals surface area (Å²) >= 11 is 0. The van der Waals surface area contributed by atoms with Gasteiger partial charge in [0.15, 0.2) is 5.65 Å². The van der Waals surface area contributed by atoms with Crippen molar-refractivity contribution in [2.45, 2.75) is 13.8 Å². The third-order valence-corrected chi connectivity index (χ3v) is 4.80. The zero-order valence-corrected chi connectivity index (χ0v) is 16.5. The second-order valence-corrected chi connectivity index (χ2v) is 6.61. The molecule has 0 aliphatic heterocycles. The van der Waals surface area contributed by atoms with E-state index in [0.717, 1.165) is 39.3 Å². The fourth-order valence-corrected chi connectivity index (χ4v) is 3.18. The maximum Gasteiger partial charge on any atom is 0.182 e. The topological polar surface area (TPSA) is 75.0 Å². The van der Waals surface area contributed by atoms with Gasteiger partial charge >= 0.3 is 0 Å². The van der Waals surface area contributed by atoms with E-state index in [1.807, 2.05) is 49.8 Å². The maximum absolute atomic E-state index is 5.41. The van der Waals surface area contributed by atoms with E-state index in [0.29, 0.717) is 17.1 Å². The minimum absolute atomic E-state index is 0.664. The summed E-state index contributed by atoms with van der Waals surface area (Å²) in [6.07, 6.45) is 3.55. The molecule has 0 saturated carbocycles. The molecule has 0 atom stereocenters. The van der Waals surface area contributed by atoms with E-state index in [9.17, 15) is 0 Å². The second-order valence-electron chi connectivity index (χ2n) is 6.61. The molecule has 28 heavy (non-hydrogen) atoms. The van der Waals surface area contributed by atoms with Crippen molar-refractivity contribution in [3.05, 3.63) is 48.0 Å². The Balaban J connectivity index is 2.00. The van der Waals surface area contributed by atoms with Crippen molar-refractivity contribution in [2.75, 3.05) is 14.2 Å². The molecule has 142 valence electrons. The Labute approximate surface area is 163 Å². The van der Waals surface area contributed by atoms with Crippen molar-refractivity contribution >= 4 is 11.0 Å². The number of aryl methyl sites for hydroxylation is 3. The molecule has 0 fully saturated rings. The number of nitrogens with zero attached hydrogens (tertiary/aromatic N) is 5. The highest BCUT2D eigenvalue weighted by atomic mass is 16.5. The van der Waals surface area contributed by atoms with Gasteiger partial charge in [-0.15, -0.1) is 0 Å². The van der Waals surface area contributed by atoms with Gasteiger partial charge in [0.2, 0.25) is 0 Å². The number of aromatic nitrogens is 5. The van der Waals surface area contributed by atoms with Crippen LogP contribution in [0, 0.1) is 13.8 Å². The summed E-state index contributed by atoms with van der Waals surface area (Å²) in [4.78, 5) is 13.8. The lowest BCUT2D eigenvalue weighted by molar-refractivity contribution is 0.394. The predicted octanol–water partition coefficient (Wildman–Crippen LogP) is 3.73. The highest BCUT2D eigenvalue weighted by molar-refractivity contribution is 5.96. The Bertz CT molecular complexity index is 1140. The van der Waals surface area contributed by atoms with Crippen LogP contribution in [0.15, 0.2) is 36.7 Å². The predicted molar refractivity (Wildman–Crippen MR) is 108 cm³/mol. The average Bonchev–Trinajstić information content (AvgIpc) is 3.01. The van der Waals surface area contributed by atoms with Crippen LogP contribution in [0.25, 0.3) is 33.5 Å². The van der Waals surface area contributed by atoms with E-state index in [1.165, 1.54) is 0 Å². The molecule has 3 heterocycles. The van der Waals surface area contributed by atoms with Crippen LogP contribution in [0.5, 0.6) is 11.5 Å². The molecule has 7 heteroatoms. The van der Waals surface area contributed by atoms with Crippen molar-refractivity contribution in [2.24, 2.45) is 7.05 Å². The SMILES string of the molecule is COc1cc(OC)cc(-c2cc(-c3cnc(C)cn3)c3c(C)n(C)nc3n2)c1. The zero-order valence-electron chi connectivity index (χ0n) is 16.5. The van der Waals surface area contributed by atoms with Crippen LogP contribution in [0.4, 0.5) is 0 Å². The van der Waals surface area contributed by atoms with Crippen LogP contribution >= 0.6 is 0 Å². The van der Waals surface area contributed by atoms with Gasteiger partial charge in [0.05, 0.1) is 42.9 Å². The molecule has 3 aromatic heterocycles. The first-order valence-electron chi connectivity index (χ1n) is 8.87. The van der Waals surface area contributed by atoms with Gasteiger partial charge in [-0.3, -0.25) is 14.6 Å². The molecule has 0 aliphatic carbocycles. The fraction of sp³-hybridized carbons (Fsp3) is 0.238. The van der Waals surface area contributed by atoms with Gasteiger partial charge in [0.25, 0.3) is 0 Å². The third kappa shape index (κ3) is 3.05. The van der Waals surface area contributed by atoms with Crippen LogP contribution in [-0.2, 0) is 7.05 Å². The van der Waals surface area contributed by atoms with Crippen molar-refractivity contribution < 1.29 is 9.47 Å². The minimum atomic E-state index is 0.664. The fourth-order valence-electron chi connectivity index (χ4n) is 3.18. The smallest absolute Gasteiger partial charge is 0.182 e. The Morgan fingerprint density at radius 3 is 2.18 bits per heavy atom. The van der Waals surface area contributed by atoms with Crippen molar-refractivity contribution in [3.8, 4) is 34.0 Å². The zero-order chi connectivity index (χ0) is 19.8. The quantitative estimate of drug-likeness (QED) is 0.541. The summed E-state index contributed by atoms with van der Waals surface area (Å²) in [6, 6.07) is 7.71. The number of methoxy groups -OCH3 is 2. The summed E-state index contributed by atoms with van der Waals surface area (Å²) in [5.74, 6) is 1.40. The van der Waals surface area contributed by atoms with Crippen molar-refractivity contribution in [1.82, 2.24) is 24.7 Å². The number of rotatable bonds is 4. The van der Waals surface area contributed by atoms with Gasteiger partial charge in [-0.25, -0.2) is 4.98 Å². The summed E-state index contributed by atoms with van der Waals surface area (Å²) in [5.41, 5.74) is 5.93. The first-order valence-corrected chi connectivity index (χ1v) is 8.87. The molecular formula is C21H21N5O2. The molecule has 0 amide bonds. The molecule has 0 bridgehead atoms. The summed E-state index contributed by atoms with van der Waals surface area (Å²) < 4.78 is 12.6. The monoisotopic (exact) mass is 375 g/mol. The Morgan fingerprint density at radius 2 is 1.57 bits per heavy atom. The van der Waals surface area contributed by atoms with E-state index >= 15 is 0 Å². The second kappa shape index (κ2) is 6.92. The van der Waals surface area contributed by atoms with Crippen LogP contribution < -0.4 is 9.47 Å². The van der Waals surface area contributed by atoms with Crippen LogP contribution in [0.3, 0.4) is 0 Å². The van der Waals surface area contributed by atoms with Gasteiger partial charge in [0.1, 0.15) is 11.5 Å². The molecule has 0 spiro atoms. The number of fused-ring (bicyclic) bond motifs is 1. The van der Waals surface area contributed by atoms with Gasteiger partial charge in [-0.1, -0.05) is 0 Å². The summed E-state index contributed by atoms with van der Waals surface area (Å²) in [6.45, 7) is 3.94. The lowest BCUT2D eigenvalue weighted by Crippen LogP contribution is -1.94. The van der Waals surface area contributed by atoms with E-state index in [-0.39, 0.29) is 0 Å². The molecule has 1 aromatic carbocycles. The first kappa shape index (κ1) is 17.9. The van der Waals surface area contributed by atoms with Gasteiger partial charge < -0.3 is 9.47 Å². The van der Waals surface area contributed by atoms with Crippen molar-refractivity contribution in [1.29, 1.82) is 0 Å². The minimum Gasteiger partial charge on any atom is -0.497 e. The average molecular weight is 375 g/mol.